The Kier molecular flexibility index (Phi) is 5.40. The summed E-state index contributed by atoms with van der Waals surface area (Å²) in [4.78, 5) is 34.2. The highest BCUT2D eigenvalue weighted by molar-refractivity contribution is 5.97. The topological polar surface area (TPSA) is 78.1 Å². The van der Waals surface area contributed by atoms with Gasteiger partial charge in [0.15, 0.2) is 0 Å². The van der Waals surface area contributed by atoms with Gasteiger partial charge in [0.1, 0.15) is 0 Å². The van der Waals surface area contributed by atoms with E-state index in [9.17, 15) is 9.59 Å². The van der Waals surface area contributed by atoms with Gasteiger partial charge in [0.25, 0.3) is 5.56 Å². The first-order valence-corrected chi connectivity index (χ1v) is 10.2. The van der Waals surface area contributed by atoms with Gasteiger partial charge in [-0.3, -0.25) is 14.6 Å². The van der Waals surface area contributed by atoms with Crippen molar-refractivity contribution in [2.24, 2.45) is 0 Å². The number of benzene rings is 2. The van der Waals surface area contributed by atoms with E-state index >= 15 is 0 Å². The summed E-state index contributed by atoms with van der Waals surface area (Å²) in [5, 5.41) is 3.21. The van der Waals surface area contributed by atoms with Crippen LogP contribution in [0, 0.1) is 20.8 Å². The molecule has 1 aromatic heterocycles. The van der Waals surface area contributed by atoms with Crippen molar-refractivity contribution in [2.45, 2.75) is 39.7 Å². The van der Waals surface area contributed by atoms with E-state index in [-0.39, 0.29) is 17.4 Å². The smallest absolute Gasteiger partial charge is 0.252 e. The van der Waals surface area contributed by atoms with Gasteiger partial charge in [-0.25, -0.2) is 4.98 Å². The molecule has 1 amide bonds. The monoisotopic (exact) mass is 402 g/mol. The van der Waals surface area contributed by atoms with Crippen LogP contribution in [-0.2, 0) is 11.3 Å². The molecule has 2 aromatic carbocycles. The van der Waals surface area contributed by atoms with E-state index in [1.807, 2.05) is 55.1 Å². The molecule has 1 saturated heterocycles. The fraction of sp³-hybridized carbons (Fsp3) is 0.292. The summed E-state index contributed by atoms with van der Waals surface area (Å²) in [5.74, 6) is 0.377. The van der Waals surface area contributed by atoms with E-state index in [2.05, 4.69) is 28.3 Å². The van der Waals surface area contributed by atoms with E-state index in [1.54, 1.807) is 0 Å². The Morgan fingerprint density at radius 3 is 2.63 bits per heavy atom. The summed E-state index contributed by atoms with van der Waals surface area (Å²) in [6, 6.07) is 15.6. The second kappa shape index (κ2) is 8.14. The first-order chi connectivity index (χ1) is 14.4. The van der Waals surface area contributed by atoms with E-state index in [1.165, 1.54) is 11.6 Å². The number of nitrogens with zero attached hydrogens (tertiary/aromatic N) is 2. The fourth-order valence-electron chi connectivity index (χ4n) is 3.92. The second-order valence-electron chi connectivity index (χ2n) is 7.92. The molecule has 1 fully saturated rings. The summed E-state index contributed by atoms with van der Waals surface area (Å²) < 4.78 is 0. The van der Waals surface area contributed by atoms with Gasteiger partial charge in [-0.2, -0.15) is 0 Å². The van der Waals surface area contributed by atoms with Gasteiger partial charge in [-0.1, -0.05) is 36.4 Å². The normalized spacial score (nSPS) is 16.2. The van der Waals surface area contributed by atoms with Crippen LogP contribution in [0.25, 0.3) is 0 Å². The lowest BCUT2D eigenvalue weighted by molar-refractivity contribution is -0.117. The molecule has 2 heterocycles. The first kappa shape index (κ1) is 19.9. The second-order valence-corrected chi connectivity index (χ2v) is 7.92. The molecule has 3 aromatic rings. The lowest BCUT2D eigenvalue weighted by Crippen LogP contribution is -2.25. The van der Waals surface area contributed by atoms with Crippen molar-refractivity contribution in [1.82, 2.24) is 9.97 Å². The third-order valence-electron chi connectivity index (χ3n) is 5.88. The molecule has 0 saturated carbocycles. The molecule has 0 unspecified atom stereocenters. The van der Waals surface area contributed by atoms with E-state index in [0.29, 0.717) is 31.2 Å². The number of nitrogens with one attached hydrogen (secondary N) is 2. The van der Waals surface area contributed by atoms with Crippen LogP contribution in [0.3, 0.4) is 0 Å². The van der Waals surface area contributed by atoms with Crippen LogP contribution in [0.2, 0.25) is 0 Å². The van der Waals surface area contributed by atoms with Crippen LogP contribution in [0.4, 0.5) is 11.6 Å². The Bertz CT molecular complexity index is 1150. The van der Waals surface area contributed by atoms with E-state index in [4.69, 9.17) is 0 Å². The zero-order chi connectivity index (χ0) is 21.3. The molecule has 1 aliphatic heterocycles. The molecular formula is C24H26N4O2. The van der Waals surface area contributed by atoms with Gasteiger partial charge >= 0.3 is 0 Å². The zero-order valence-corrected chi connectivity index (χ0v) is 17.5. The summed E-state index contributed by atoms with van der Waals surface area (Å²) >= 11 is 0. The number of rotatable bonds is 5. The van der Waals surface area contributed by atoms with Gasteiger partial charge in [-0.05, 0) is 49.1 Å². The molecule has 6 heteroatoms. The van der Waals surface area contributed by atoms with E-state index < -0.39 is 0 Å². The average molecular weight is 402 g/mol. The van der Waals surface area contributed by atoms with Gasteiger partial charge in [0.05, 0.1) is 5.69 Å². The number of carbonyl (C=O) groups excluding carboxylic acids is 1. The van der Waals surface area contributed by atoms with Crippen molar-refractivity contribution in [3.8, 4) is 0 Å². The predicted molar refractivity (Wildman–Crippen MR) is 119 cm³/mol. The number of aromatic nitrogens is 2. The maximum atomic E-state index is 12.7. The van der Waals surface area contributed by atoms with Crippen LogP contribution >= 0.6 is 0 Å². The number of aromatic amines is 1. The van der Waals surface area contributed by atoms with Crippen molar-refractivity contribution in [2.75, 3.05) is 16.8 Å². The Labute approximate surface area is 176 Å². The van der Waals surface area contributed by atoms with Gasteiger partial charge in [-0.15, -0.1) is 0 Å². The molecule has 4 rings (SSSR count). The summed E-state index contributed by atoms with van der Waals surface area (Å²) in [5.41, 5.74) is 5.94. The van der Waals surface area contributed by atoms with Gasteiger partial charge in [0, 0.05) is 37.2 Å². The number of H-pyrrole nitrogens is 1. The molecule has 2 N–H and O–H groups in total. The fourth-order valence-corrected chi connectivity index (χ4v) is 3.92. The average Bonchev–Trinajstić information content (AvgIpc) is 3.11. The van der Waals surface area contributed by atoms with E-state index in [0.717, 1.165) is 22.4 Å². The largest absolute Gasteiger partial charge is 0.352 e. The van der Waals surface area contributed by atoms with Crippen molar-refractivity contribution < 1.29 is 4.79 Å². The summed E-state index contributed by atoms with van der Waals surface area (Å²) in [6.07, 6.45) is 0.348. The minimum atomic E-state index is -0.218. The third-order valence-corrected chi connectivity index (χ3v) is 5.88. The summed E-state index contributed by atoms with van der Waals surface area (Å²) in [7, 11) is 0. The highest BCUT2D eigenvalue weighted by atomic mass is 16.2. The molecule has 0 bridgehead atoms. The first-order valence-electron chi connectivity index (χ1n) is 10.2. The minimum Gasteiger partial charge on any atom is -0.352 e. The number of aryl methyl sites for hydroxylation is 2. The molecule has 0 radical (unpaired) electrons. The SMILES string of the molecule is Cc1ccccc1CNc1nc([C@H]2CC(=O)N(c3cccc(C)c3C)C2)cc(=O)[nH]1. The molecule has 0 spiro atoms. The molecule has 154 valence electrons. The quantitative estimate of drug-likeness (QED) is 0.680. The van der Waals surface area contributed by atoms with Crippen molar-refractivity contribution in [3.05, 3.63) is 86.8 Å². The van der Waals surface area contributed by atoms with Crippen LogP contribution in [0.5, 0.6) is 0 Å². The molecular weight excluding hydrogens is 376 g/mol. The van der Waals surface area contributed by atoms with Crippen molar-refractivity contribution in [3.63, 3.8) is 0 Å². The summed E-state index contributed by atoms with van der Waals surface area (Å²) in [6.45, 7) is 7.22. The molecule has 30 heavy (non-hydrogen) atoms. The number of hydrogen-bond donors (Lipinski definition) is 2. The maximum absolute atomic E-state index is 12.7. The number of carbonyl (C=O) groups is 1. The Hall–Kier alpha value is -3.41. The van der Waals surface area contributed by atoms with Crippen molar-refractivity contribution in [1.29, 1.82) is 0 Å². The Morgan fingerprint density at radius 2 is 1.83 bits per heavy atom. The number of anilines is 2. The zero-order valence-electron chi connectivity index (χ0n) is 17.5. The van der Waals surface area contributed by atoms with Gasteiger partial charge in [0.2, 0.25) is 11.9 Å². The lowest BCUT2D eigenvalue weighted by Gasteiger charge is -2.20. The number of amides is 1. The Balaban J connectivity index is 1.54. The Morgan fingerprint density at radius 1 is 1.07 bits per heavy atom. The third kappa shape index (κ3) is 3.99. The van der Waals surface area contributed by atoms with Crippen LogP contribution in [0.1, 0.15) is 40.3 Å². The minimum absolute atomic E-state index is 0.0604. The highest BCUT2D eigenvalue weighted by Crippen LogP contribution is 2.33. The maximum Gasteiger partial charge on any atom is 0.252 e. The number of hydrogen-bond acceptors (Lipinski definition) is 4. The van der Waals surface area contributed by atoms with Crippen LogP contribution < -0.4 is 15.8 Å². The lowest BCUT2D eigenvalue weighted by atomic mass is 10.0. The molecule has 0 aliphatic carbocycles. The van der Waals surface area contributed by atoms with Crippen LogP contribution in [0.15, 0.2) is 53.3 Å². The van der Waals surface area contributed by atoms with Crippen molar-refractivity contribution >= 4 is 17.5 Å². The van der Waals surface area contributed by atoms with Gasteiger partial charge < -0.3 is 10.2 Å². The standard InChI is InChI=1S/C24H26N4O2/c1-15-8-6-10-21(17(15)3)28-14-19(11-23(28)30)20-12-22(29)27-24(26-20)25-13-18-9-5-4-7-16(18)2/h4-10,12,19H,11,13-14H2,1-3H3,(H2,25,26,27,29)/t19-/m0/s1. The predicted octanol–water partition coefficient (Wildman–Crippen LogP) is 3.83. The van der Waals surface area contributed by atoms with Crippen LogP contribution in [-0.4, -0.2) is 22.4 Å². The molecule has 1 atom stereocenters. The highest BCUT2D eigenvalue weighted by Gasteiger charge is 2.33. The molecule has 1 aliphatic rings. The molecule has 6 nitrogen and oxygen atoms in total.